The van der Waals surface area contributed by atoms with E-state index in [4.69, 9.17) is 9.47 Å². The average molecular weight is 534 g/mol. The largest absolute Gasteiger partial charge is 0.489 e. The van der Waals surface area contributed by atoms with Crippen molar-refractivity contribution in [2.45, 2.75) is 83.6 Å². The van der Waals surface area contributed by atoms with E-state index in [2.05, 4.69) is 29.6 Å². The second-order valence-electron chi connectivity index (χ2n) is 11.8. The fraction of sp³-hybridized carbons (Fsp3) is 0.516. The Bertz CT molecular complexity index is 1210. The van der Waals surface area contributed by atoms with Gasteiger partial charge in [-0.15, -0.1) is 0 Å². The molecule has 208 valence electrons. The summed E-state index contributed by atoms with van der Waals surface area (Å²) in [6.07, 6.45) is 4.14. The van der Waals surface area contributed by atoms with E-state index < -0.39 is 11.6 Å². The number of amides is 3. The van der Waals surface area contributed by atoms with Gasteiger partial charge in [0.05, 0.1) is 6.54 Å². The van der Waals surface area contributed by atoms with Crippen LogP contribution in [0.1, 0.15) is 85.8 Å². The molecule has 0 aliphatic carbocycles. The standard InChI is InChI=1S/C31H39N3O5/c1-31(2,3)39-30(37)33-17-14-23(15-18-33)22-12-10-21(11-13-22)20-38-27-9-6-7-24-25(27)19-34(29(24)36)26-8-4-5-16-32-28(26)35/h6-7,9-13,23,26H,4-5,8,14-20H2,1-3H3,(H,32,35)/t26-/m0/s1. The quantitative estimate of drug-likeness (QED) is 0.584. The summed E-state index contributed by atoms with van der Waals surface area (Å²) in [6, 6.07) is 13.6. The first kappa shape index (κ1) is 27.0. The SMILES string of the molecule is CC(C)(C)OC(=O)N1CCC(c2ccc(COc3cccc4c3CN([C@H]3CCCCNC3=O)C4=O)cc2)CC1. The number of carbonyl (C=O) groups is 3. The first-order chi connectivity index (χ1) is 18.7. The van der Waals surface area contributed by atoms with Gasteiger partial charge in [0.25, 0.3) is 5.91 Å². The predicted octanol–water partition coefficient (Wildman–Crippen LogP) is 5.00. The number of hydrogen-bond donors (Lipinski definition) is 1. The monoisotopic (exact) mass is 533 g/mol. The molecule has 3 aliphatic rings. The van der Waals surface area contributed by atoms with Crippen LogP contribution in [0.15, 0.2) is 42.5 Å². The number of rotatable bonds is 5. The molecule has 1 N–H and O–H groups in total. The summed E-state index contributed by atoms with van der Waals surface area (Å²) in [4.78, 5) is 41.6. The first-order valence-electron chi connectivity index (χ1n) is 14.1. The highest BCUT2D eigenvalue weighted by Gasteiger charge is 2.38. The molecule has 0 saturated carbocycles. The van der Waals surface area contributed by atoms with Crippen molar-refractivity contribution in [3.8, 4) is 5.75 Å². The minimum absolute atomic E-state index is 0.0632. The van der Waals surface area contributed by atoms with Crippen LogP contribution in [0.5, 0.6) is 5.75 Å². The van der Waals surface area contributed by atoms with Gasteiger partial charge in [-0.05, 0) is 82.1 Å². The Labute approximate surface area is 230 Å². The van der Waals surface area contributed by atoms with Gasteiger partial charge in [-0.3, -0.25) is 9.59 Å². The number of hydrogen-bond acceptors (Lipinski definition) is 5. The normalized spacial score (nSPS) is 20.3. The molecule has 0 aromatic heterocycles. The molecule has 2 aromatic carbocycles. The van der Waals surface area contributed by atoms with Crippen LogP contribution in [0.25, 0.3) is 0 Å². The van der Waals surface area contributed by atoms with E-state index in [0.29, 0.717) is 56.4 Å². The Morgan fingerprint density at radius 3 is 2.46 bits per heavy atom. The number of ether oxygens (including phenoxy) is 2. The second-order valence-corrected chi connectivity index (χ2v) is 11.8. The molecule has 0 radical (unpaired) electrons. The van der Waals surface area contributed by atoms with E-state index in [1.807, 2.05) is 39.0 Å². The molecular formula is C31H39N3O5. The predicted molar refractivity (Wildman–Crippen MR) is 148 cm³/mol. The van der Waals surface area contributed by atoms with Crippen molar-refractivity contribution < 1.29 is 23.9 Å². The summed E-state index contributed by atoms with van der Waals surface area (Å²) in [7, 11) is 0. The highest BCUT2D eigenvalue weighted by Crippen LogP contribution is 2.34. The lowest BCUT2D eigenvalue weighted by Gasteiger charge is -2.33. The minimum Gasteiger partial charge on any atom is -0.489 e. The van der Waals surface area contributed by atoms with E-state index in [1.54, 1.807) is 9.80 Å². The van der Waals surface area contributed by atoms with Crippen LogP contribution in [-0.2, 0) is 22.7 Å². The van der Waals surface area contributed by atoms with Crippen LogP contribution in [0, 0.1) is 0 Å². The third-order valence-corrected chi connectivity index (χ3v) is 7.83. The third-order valence-electron chi connectivity index (χ3n) is 7.83. The van der Waals surface area contributed by atoms with Gasteiger partial charge >= 0.3 is 6.09 Å². The maximum Gasteiger partial charge on any atom is 0.410 e. The lowest BCUT2D eigenvalue weighted by Crippen LogP contribution is -2.45. The fourth-order valence-corrected chi connectivity index (χ4v) is 5.70. The summed E-state index contributed by atoms with van der Waals surface area (Å²) in [5, 5.41) is 2.94. The van der Waals surface area contributed by atoms with E-state index >= 15 is 0 Å². The molecule has 0 spiro atoms. The van der Waals surface area contributed by atoms with E-state index in [0.717, 1.165) is 36.8 Å². The Hall–Kier alpha value is -3.55. The summed E-state index contributed by atoms with van der Waals surface area (Å²) in [5.41, 5.74) is 3.31. The Morgan fingerprint density at radius 1 is 1.00 bits per heavy atom. The number of carbonyl (C=O) groups excluding carboxylic acids is 3. The van der Waals surface area contributed by atoms with Gasteiger partial charge in [-0.1, -0.05) is 30.3 Å². The number of piperidine rings is 1. The zero-order valence-corrected chi connectivity index (χ0v) is 23.2. The molecule has 2 aromatic rings. The van der Waals surface area contributed by atoms with Crippen molar-refractivity contribution in [3.05, 3.63) is 64.7 Å². The molecule has 2 saturated heterocycles. The molecule has 1 atom stereocenters. The highest BCUT2D eigenvalue weighted by molar-refractivity contribution is 6.01. The third kappa shape index (κ3) is 6.21. The van der Waals surface area contributed by atoms with Gasteiger partial charge in [0, 0.05) is 30.8 Å². The second kappa shape index (κ2) is 11.3. The Kier molecular flexibility index (Phi) is 7.82. The molecule has 39 heavy (non-hydrogen) atoms. The van der Waals surface area contributed by atoms with Crippen molar-refractivity contribution in [1.29, 1.82) is 0 Å². The number of benzene rings is 2. The molecular weight excluding hydrogens is 494 g/mol. The Balaban J connectivity index is 1.17. The van der Waals surface area contributed by atoms with Crippen molar-refractivity contribution >= 4 is 17.9 Å². The van der Waals surface area contributed by atoms with Gasteiger partial charge < -0.3 is 24.6 Å². The maximum absolute atomic E-state index is 13.1. The van der Waals surface area contributed by atoms with Crippen molar-refractivity contribution in [1.82, 2.24) is 15.1 Å². The molecule has 3 aliphatic heterocycles. The minimum atomic E-state index is -0.480. The van der Waals surface area contributed by atoms with Crippen LogP contribution < -0.4 is 10.1 Å². The average Bonchev–Trinajstić information content (AvgIpc) is 3.10. The van der Waals surface area contributed by atoms with Crippen molar-refractivity contribution in [2.75, 3.05) is 19.6 Å². The van der Waals surface area contributed by atoms with Gasteiger partial charge in [0.1, 0.15) is 24.0 Å². The van der Waals surface area contributed by atoms with Crippen molar-refractivity contribution in [2.24, 2.45) is 0 Å². The van der Waals surface area contributed by atoms with Crippen LogP contribution in [0.2, 0.25) is 0 Å². The molecule has 8 nitrogen and oxygen atoms in total. The van der Waals surface area contributed by atoms with Crippen molar-refractivity contribution in [3.63, 3.8) is 0 Å². The lowest BCUT2D eigenvalue weighted by atomic mass is 9.89. The fourth-order valence-electron chi connectivity index (χ4n) is 5.70. The van der Waals surface area contributed by atoms with Gasteiger partial charge in [-0.2, -0.15) is 0 Å². The zero-order chi connectivity index (χ0) is 27.6. The molecule has 2 fully saturated rings. The molecule has 0 unspecified atom stereocenters. The Morgan fingerprint density at radius 2 is 1.74 bits per heavy atom. The van der Waals surface area contributed by atoms with E-state index in [-0.39, 0.29) is 17.9 Å². The summed E-state index contributed by atoms with van der Waals surface area (Å²) < 4.78 is 11.7. The van der Waals surface area contributed by atoms with Gasteiger partial charge in [-0.25, -0.2) is 4.79 Å². The summed E-state index contributed by atoms with van der Waals surface area (Å²) >= 11 is 0. The van der Waals surface area contributed by atoms with Crippen LogP contribution in [0.4, 0.5) is 4.79 Å². The summed E-state index contributed by atoms with van der Waals surface area (Å²) in [6.45, 7) is 8.52. The number of nitrogens with zero attached hydrogens (tertiary/aromatic N) is 2. The molecule has 0 bridgehead atoms. The topological polar surface area (TPSA) is 88.2 Å². The first-order valence-corrected chi connectivity index (χ1v) is 14.1. The number of fused-ring (bicyclic) bond motifs is 1. The number of likely N-dealkylation sites (tertiary alicyclic amines) is 1. The lowest BCUT2D eigenvalue weighted by molar-refractivity contribution is -0.125. The van der Waals surface area contributed by atoms with E-state index in [9.17, 15) is 14.4 Å². The van der Waals surface area contributed by atoms with Gasteiger partial charge in [0.2, 0.25) is 5.91 Å². The zero-order valence-electron chi connectivity index (χ0n) is 23.2. The van der Waals surface area contributed by atoms with Crippen LogP contribution in [-0.4, -0.2) is 59.0 Å². The van der Waals surface area contributed by atoms with Gasteiger partial charge in [0.15, 0.2) is 0 Å². The van der Waals surface area contributed by atoms with E-state index in [1.165, 1.54) is 5.56 Å². The molecule has 8 heteroatoms. The number of nitrogens with one attached hydrogen (secondary N) is 1. The maximum atomic E-state index is 13.1. The summed E-state index contributed by atoms with van der Waals surface area (Å²) in [5.74, 6) is 0.941. The smallest absolute Gasteiger partial charge is 0.410 e. The van der Waals surface area contributed by atoms with Crippen LogP contribution in [0.3, 0.4) is 0 Å². The molecule has 3 heterocycles. The van der Waals surface area contributed by atoms with Crippen LogP contribution >= 0.6 is 0 Å². The molecule has 5 rings (SSSR count). The molecule has 3 amide bonds. The highest BCUT2D eigenvalue weighted by atomic mass is 16.6.